The van der Waals surface area contributed by atoms with Crippen molar-refractivity contribution in [2.24, 2.45) is 0 Å². The van der Waals surface area contributed by atoms with Crippen LogP contribution < -0.4 is 0 Å². The highest BCUT2D eigenvalue weighted by atomic mass is 15.0. The number of fused-ring (bicyclic) bond motifs is 6. The molecule has 2 nitrogen and oxygen atoms in total. The van der Waals surface area contributed by atoms with Crippen LogP contribution in [0.25, 0.3) is 99.5 Å². The minimum Gasteiger partial charge on any atom is -0.309 e. The van der Waals surface area contributed by atoms with E-state index in [0.717, 1.165) is 5.69 Å². The number of hydrogen-bond acceptors (Lipinski definition) is 0. The summed E-state index contributed by atoms with van der Waals surface area (Å²) in [5.41, 5.74) is 16.8. The van der Waals surface area contributed by atoms with Crippen LogP contribution >= 0.6 is 0 Å². The number of benzene rings is 9. The SMILES string of the molecule is c1ccc(-c2cccc(-c3ccccc3-n3c4ccc(-c5ccccc5)cc4c4cc(-c5ccc6c(c5)c5ccccc5n6-c5ccccc5)ccc43)c2)cc1. The van der Waals surface area contributed by atoms with Gasteiger partial charge >= 0.3 is 0 Å². The molecule has 0 spiro atoms. The van der Waals surface area contributed by atoms with Gasteiger partial charge in [-0.15, -0.1) is 0 Å². The van der Waals surface area contributed by atoms with E-state index < -0.39 is 0 Å². The minimum absolute atomic E-state index is 1.16. The molecule has 0 aliphatic rings. The summed E-state index contributed by atoms with van der Waals surface area (Å²) in [6, 6.07) is 79.4. The van der Waals surface area contributed by atoms with E-state index in [4.69, 9.17) is 0 Å². The maximum Gasteiger partial charge on any atom is 0.0541 e. The molecule has 2 heterocycles. The van der Waals surface area contributed by atoms with Gasteiger partial charge in [-0.2, -0.15) is 0 Å². The Morgan fingerprint density at radius 1 is 0.232 bits per heavy atom. The van der Waals surface area contributed by atoms with Gasteiger partial charge in [-0.05, 0) is 106 Å². The molecule has 9 aromatic carbocycles. The summed E-state index contributed by atoms with van der Waals surface area (Å²) in [5.74, 6) is 0. The van der Waals surface area contributed by atoms with Gasteiger partial charge in [0.05, 0.1) is 27.8 Å². The monoisotopic (exact) mass is 712 g/mol. The van der Waals surface area contributed by atoms with Gasteiger partial charge in [0.1, 0.15) is 0 Å². The summed E-state index contributed by atoms with van der Waals surface area (Å²) in [6.45, 7) is 0. The smallest absolute Gasteiger partial charge is 0.0541 e. The molecule has 2 heteroatoms. The molecule has 0 aliphatic heterocycles. The Kier molecular flexibility index (Phi) is 7.53. The molecule has 0 amide bonds. The van der Waals surface area contributed by atoms with Crippen LogP contribution in [0, 0.1) is 0 Å². The maximum atomic E-state index is 2.46. The van der Waals surface area contributed by atoms with Crippen molar-refractivity contribution in [3.8, 4) is 55.9 Å². The first kappa shape index (κ1) is 32.0. The first-order valence-corrected chi connectivity index (χ1v) is 19.3. The fourth-order valence-electron chi connectivity index (χ4n) is 8.69. The van der Waals surface area contributed by atoms with Gasteiger partial charge in [0.15, 0.2) is 0 Å². The highest BCUT2D eigenvalue weighted by Crippen LogP contribution is 2.41. The van der Waals surface area contributed by atoms with Crippen molar-refractivity contribution >= 4 is 43.6 Å². The van der Waals surface area contributed by atoms with Crippen molar-refractivity contribution in [1.82, 2.24) is 9.13 Å². The Labute approximate surface area is 325 Å². The molecule has 11 rings (SSSR count). The first-order chi connectivity index (χ1) is 27.8. The van der Waals surface area contributed by atoms with Crippen molar-refractivity contribution in [2.45, 2.75) is 0 Å². The lowest BCUT2D eigenvalue weighted by atomic mass is 9.98. The maximum absolute atomic E-state index is 2.46. The number of para-hydroxylation sites is 3. The molecule has 262 valence electrons. The fourth-order valence-corrected chi connectivity index (χ4v) is 8.69. The number of nitrogens with zero attached hydrogens (tertiary/aromatic N) is 2. The van der Waals surface area contributed by atoms with Gasteiger partial charge < -0.3 is 9.13 Å². The Bertz CT molecular complexity index is 3220. The van der Waals surface area contributed by atoms with E-state index in [1.807, 2.05) is 0 Å². The zero-order valence-corrected chi connectivity index (χ0v) is 30.7. The quantitative estimate of drug-likeness (QED) is 0.162. The van der Waals surface area contributed by atoms with Gasteiger partial charge in [-0.3, -0.25) is 0 Å². The van der Waals surface area contributed by atoms with E-state index in [1.165, 1.54) is 93.8 Å². The standard InChI is InChI=1S/C54H36N2/c1-4-15-37(16-5-1)39-19-14-20-43(33-39)45-23-10-12-25-50(45)56-53-31-27-40(38-17-6-2-7-18-38)34-48(53)49-36-42(29-32-54(49)56)41-28-30-52-47(35-41)46-24-11-13-26-51(46)55(52)44-21-8-3-9-22-44/h1-36H. The van der Waals surface area contributed by atoms with Gasteiger partial charge in [0.25, 0.3) is 0 Å². The lowest BCUT2D eigenvalue weighted by Gasteiger charge is -2.15. The summed E-state index contributed by atoms with van der Waals surface area (Å²) in [6.07, 6.45) is 0. The molecule has 56 heavy (non-hydrogen) atoms. The molecule has 0 N–H and O–H groups in total. The summed E-state index contributed by atoms with van der Waals surface area (Å²) >= 11 is 0. The van der Waals surface area contributed by atoms with Crippen LogP contribution in [0.4, 0.5) is 0 Å². The van der Waals surface area contributed by atoms with E-state index in [0.29, 0.717) is 0 Å². The van der Waals surface area contributed by atoms with E-state index >= 15 is 0 Å². The molecule has 0 atom stereocenters. The lowest BCUT2D eigenvalue weighted by Crippen LogP contribution is -1.97. The average molecular weight is 713 g/mol. The lowest BCUT2D eigenvalue weighted by molar-refractivity contribution is 1.18. The highest BCUT2D eigenvalue weighted by molar-refractivity contribution is 6.13. The Morgan fingerprint density at radius 3 is 1.30 bits per heavy atom. The molecule has 0 unspecified atom stereocenters. The Morgan fingerprint density at radius 2 is 0.661 bits per heavy atom. The van der Waals surface area contributed by atoms with Gasteiger partial charge in [0.2, 0.25) is 0 Å². The molecule has 2 aromatic heterocycles. The van der Waals surface area contributed by atoms with E-state index in [9.17, 15) is 0 Å². The first-order valence-electron chi connectivity index (χ1n) is 19.3. The van der Waals surface area contributed by atoms with Crippen molar-refractivity contribution in [3.63, 3.8) is 0 Å². The normalized spacial score (nSPS) is 11.6. The molecular formula is C54H36N2. The Hall–Kier alpha value is -7.42. The number of rotatable bonds is 6. The van der Waals surface area contributed by atoms with Crippen LogP contribution in [0.15, 0.2) is 218 Å². The predicted octanol–water partition coefficient (Wildman–Crippen LogP) is 14.5. The zero-order chi connectivity index (χ0) is 37.0. The van der Waals surface area contributed by atoms with Crippen LogP contribution in [0.3, 0.4) is 0 Å². The van der Waals surface area contributed by atoms with Gasteiger partial charge in [-0.1, -0.05) is 152 Å². The van der Waals surface area contributed by atoms with E-state index in [-0.39, 0.29) is 0 Å². The number of hydrogen-bond donors (Lipinski definition) is 0. The van der Waals surface area contributed by atoms with Crippen molar-refractivity contribution in [3.05, 3.63) is 218 Å². The van der Waals surface area contributed by atoms with Gasteiger partial charge in [-0.25, -0.2) is 0 Å². The third-order valence-electron chi connectivity index (χ3n) is 11.3. The molecule has 0 saturated heterocycles. The summed E-state index contributed by atoms with van der Waals surface area (Å²) in [5, 5.41) is 4.97. The van der Waals surface area contributed by atoms with Crippen molar-refractivity contribution < 1.29 is 0 Å². The second-order valence-corrected chi connectivity index (χ2v) is 14.5. The second-order valence-electron chi connectivity index (χ2n) is 14.5. The van der Waals surface area contributed by atoms with Crippen molar-refractivity contribution in [1.29, 1.82) is 0 Å². The molecule has 11 aromatic rings. The van der Waals surface area contributed by atoms with E-state index in [1.54, 1.807) is 0 Å². The van der Waals surface area contributed by atoms with Crippen LogP contribution in [0.2, 0.25) is 0 Å². The van der Waals surface area contributed by atoms with Crippen LogP contribution in [-0.4, -0.2) is 9.13 Å². The topological polar surface area (TPSA) is 9.86 Å². The van der Waals surface area contributed by atoms with Crippen LogP contribution in [0.5, 0.6) is 0 Å². The third-order valence-corrected chi connectivity index (χ3v) is 11.3. The fraction of sp³-hybridized carbons (Fsp3) is 0. The largest absolute Gasteiger partial charge is 0.309 e. The summed E-state index contributed by atoms with van der Waals surface area (Å²) in [4.78, 5) is 0. The van der Waals surface area contributed by atoms with E-state index in [2.05, 4.69) is 228 Å². The van der Waals surface area contributed by atoms with Crippen LogP contribution in [-0.2, 0) is 0 Å². The van der Waals surface area contributed by atoms with Crippen molar-refractivity contribution in [2.75, 3.05) is 0 Å². The Balaban J connectivity index is 1.12. The molecule has 0 aliphatic carbocycles. The zero-order valence-electron chi connectivity index (χ0n) is 30.7. The number of aromatic nitrogens is 2. The molecule has 0 fully saturated rings. The highest BCUT2D eigenvalue weighted by Gasteiger charge is 2.19. The predicted molar refractivity (Wildman–Crippen MR) is 237 cm³/mol. The second kappa shape index (κ2) is 13.2. The minimum atomic E-state index is 1.16. The summed E-state index contributed by atoms with van der Waals surface area (Å²) < 4.78 is 4.84. The van der Waals surface area contributed by atoms with Crippen LogP contribution in [0.1, 0.15) is 0 Å². The van der Waals surface area contributed by atoms with Gasteiger partial charge in [0, 0.05) is 32.8 Å². The molecule has 0 bridgehead atoms. The molecule has 0 radical (unpaired) electrons. The molecule has 0 saturated carbocycles. The molecular weight excluding hydrogens is 677 g/mol. The summed E-state index contributed by atoms with van der Waals surface area (Å²) in [7, 11) is 0. The third kappa shape index (κ3) is 5.26. The average Bonchev–Trinajstić information content (AvgIpc) is 3.79.